The summed E-state index contributed by atoms with van der Waals surface area (Å²) in [5.41, 5.74) is 1.18. The second-order valence-electron chi connectivity index (χ2n) is 4.14. The van der Waals surface area contributed by atoms with E-state index in [0.717, 1.165) is 0 Å². The van der Waals surface area contributed by atoms with Gasteiger partial charge in [0.2, 0.25) is 0 Å². The quantitative estimate of drug-likeness (QED) is 0.728. The van der Waals surface area contributed by atoms with E-state index in [-0.39, 0.29) is 6.10 Å². The van der Waals surface area contributed by atoms with Gasteiger partial charge in [-0.05, 0) is 17.9 Å². The lowest BCUT2D eigenvalue weighted by atomic mass is 10.1. The highest BCUT2D eigenvalue weighted by Gasteiger charge is 2.07. The molecule has 0 aliphatic heterocycles. The topological polar surface area (TPSA) is 29.5 Å². The van der Waals surface area contributed by atoms with Gasteiger partial charge in [-0.15, -0.1) is 0 Å². The molecule has 0 saturated heterocycles. The molecule has 0 saturated carbocycles. The summed E-state index contributed by atoms with van der Waals surface area (Å²) in [5, 5.41) is 9.54. The smallest absolute Gasteiger partial charge is 0.0716 e. The number of hydrogen-bond donors (Lipinski definition) is 1. The monoisotopic (exact) mass is 208 g/mol. The molecule has 0 bridgehead atoms. The third-order valence-electron chi connectivity index (χ3n) is 2.44. The van der Waals surface area contributed by atoms with Gasteiger partial charge in [0.15, 0.2) is 0 Å². The zero-order chi connectivity index (χ0) is 11.1. The first-order valence-corrected chi connectivity index (χ1v) is 5.50. The second-order valence-corrected chi connectivity index (χ2v) is 4.14. The van der Waals surface area contributed by atoms with E-state index < -0.39 is 0 Å². The molecule has 1 aromatic rings. The summed E-state index contributed by atoms with van der Waals surface area (Å²) in [7, 11) is 0. The highest BCUT2D eigenvalue weighted by Crippen LogP contribution is 2.06. The van der Waals surface area contributed by atoms with Gasteiger partial charge in [0.05, 0.1) is 12.7 Å². The molecule has 0 aliphatic carbocycles. The van der Waals surface area contributed by atoms with Crippen LogP contribution < -0.4 is 0 Å². The van der Waals surface area contributed by atoms with Crippen molar-refractivity contribution in [3.8, 4) is 0 Å². The van der Waals surface area contributed by atoms with Crippen molar-refractivity contribution in [1.82, 2.24) is 0 Å². The largest absolute Gasteiger partial charge is 0.393 e. The summed E-state index contributed by atoms with van der Waals surface area (Å²) >= 11 is 0. The zero-order valence-electron chi connectivity index (χ0n) is 9.52. The Bertz CT molecular complexity index is 256. The molecule has 84 valence electrons. The van der Waals surface area contributed by atoms with Crippen LogP contribution in [0.25, 0.3) is 0 Å². The molecular formula is C13H20O2. The average Bonchev–Trinajstić information content (AvgIpc) is 2.25. The van der Waals surface area contributed by atoms with Crippen molar-refractivity contribution in [2.75, 3.05) is 6.61 Å². The van der Waals surface area contributed by atoms with Crippen molar-refractivity contribution in [2.45, 2.75) is 33.0 Å². The van der Waals surface area contributed by atoms with Crippen LogP contribution in [0, 0.1) is 5.92 Å². The summed E-state index contributed by atoms with van der Waals surface area (Å²) in [4.78, 5) is 0. The molecule has 1 N–H and O–H groups in total. The van der Waals surface area contributed by atoms with Crippen molar-refractivity contribution in [2.24, 2.45) is 5.92 Å². The van der Waals surface area contributed by atoms with Crippen molar-refractivity contribution >= 4 is 0 Å². The van der Waals surface area contributed by atoms with E-state index in [1.165, 1.54) is 5.56 Å². The van der Waals surface area contributed by atoms with E-state index in [1.807, 2.05) is 44.2 Å². The predicted molar refractivity (Wildman–Crippen MR) is 61.6 cm³/mol. The molecule has 2 heteroatoms. The van der Waals surface area contributed by atoms with Crippen molar-refractivity contribution in [3.05, 3.63) is 35.9 Å². The van der Waals surface area contributed by atoms with Gasteiger partial charge in [0.1, 0.15) is 0 Å². The molecule has 1 aromatic carbocycles. The fraction of sp³-hybridized carbons (Fsp3) is 0.538. The molecule has 1 unspecified atom stereocenters. The molecule has 0 spiro atoms. The van der Waals surface area contributed by atoms with Crippen LogP contribution >= 0.6 is 0 Å². The normalized spacial score (nSPS) is 13.1. The summed E-state index contributed by atoms with van der Waals surface area (Å²) in [5.74, 6) is 0.310. The summed E-state index contributed by atoms with van der Waals surface area (Å²) in [6.45, 7) is 5.28. The van der Waals surface area contributed by atoms with Crippen LogP contribution in [0.2, 0.25) is 0 Å². The summed E-state index contributed by atoms with van der Waals surface area (Å²) in [6, 6.07) is 10.1. The number of hydrogen-bond acceptors (Lipinski definition) is 2. The maximum absolute atomic E-state index is 9.54. The number of aliphatic hydroxyl groups excluding tert-OH is 1. The molecule has 1 rings (SSSR count). The first kappa shape index (κ1) is 12.2. The van der Waals surface area contributed by atoms with Gasteiger partial charge in [0.25, 0.3) is 0 Å². The van der Waals surface area contributed by atoms with Gasteiger partial charge >= 0.3 is 0 Å². The third kappa shape index (κ3) is 4.96. The maximum Gasteiger partial charge on any atom is 0.0716 e. The Morgan fingerprint density at radius 2 is 1.87 bits per heavy atom. The Morgan fingerprint density at radius 1 is 1.20 bits per heavy atom. The molecule has 0 aromatic heterocycles. The van der Waals surface area contributed by atoms with E-state index >= 15 is 0 Å². The van der Waals surface area contributed by atoms with Crippen molar-refractivity contribution in [1.29, 1.82) is 0 Å². The number of rotatable bonds is 6. The Morgan fingerprint density at radius 3 is 2.47 bits per heavy atom. The standard InChI is InChI=1S/C13H20O2/c1-11(2)13(14)8-9-15-10-12-6-4-3-5-7-12/h3-7,11,13-14H,8-10H2,1-2H3. The van der Waals surface area contributed by atoms with E-state index in [0.29, 0.717) is 25.6 Å². The van der Waals surface area contributed by atoms with Crippen LogP contribution in [-0.2, 0) is 11.3 Å². The Hall–Kier alpha value is -0.860. The fourth-order valence-corrected chi connectivity index (χ4v) is 1.30. The lowest BCUT2D eigenvalue weighted by molar-refractivity contribution is 0.0535. The molecule has 2 nitrogen and oxygen atoms in total. The number of ether oxygens (including phenoxy) is 1. The van der Waals surface area contributed by atoms with Crippen molar-refractivity contribution in [3.63, 3.8) is 0 Å². The Balaban J connectivity index is 2.12. The lowest BCUT2D eigenvalue weighted by Crippen LogP contribution is -2.16. The second kappa shape index (κ2) is 6.59. The van der Waals surface area contributed by atoms with Crippen LogP contribution in [0.1, 0.15) is 25.8 Å². The van der Waals surface area contributed by atoms with Gasteiger partial charge in [-0.25, -0.2) is 0 Å². The predicted octanol–water partition coefficient (Wildman–Crippen LogP) is 2.61. The number of benzene rings is 1. The van der Waals surface area contributed by atoms with Gasteiger partial charge in [-0.3, -0.25) is 0 Å². The van der Waals surface area contributed by atoms with Gasteiger partial charge in [-0.2, -0.15) is 0 Å². The van der Waals surface area contributed by atoms with Crippen LogP contribution in [0.15, 0.2) is 30.3 Å². The minimum atomic E-state index is -0.249. The van der Waals surface area contributed by atoms with Crippen LogP contribution in [0.3, 0.4) is 0 Å². The van der Waals surface area contributed by atoms with E-state index in [4.69, 9.17) is 4.74 Å². The molecule has 0 radical (unpaired) electrons. The molecule has 0 aliphatic rings. The molecule has 0 fully saturated rings. The average molecular weight is 208 g/mol. The first-order valence-electron chi connectivity index (χ1n) is 5.50. The van der Waals surface area contributed by atoms with Gasteiger partial charge < -0.3 is 9.84 Å². The molecule has 15 heavy (non-hydrogen) atoms. The minimum absolute atomic E-state index is 0.249. The Kier molecular flexibility index (Phi) is 5.37. The maximum atomic E-state index is 9.54. The molecule has 1 atom stereocenters. The summed E-state index contributed by atoms with van der Waals surface area (Å²) in [6.07, 6.45) is 0.464. The summed E-state index contributed by atoms with van der Waals surface area (Å²) < 4.78 is 5.48. The molecule has 0 heterocycles. The Labute approximate surface area is 91.9 Å². The van der Waals surface area contributed by atoms with Crippen molar-refractivity contribution < 1.29 is 9.84 Å². The van der Waals surface area contributed by atoms with Crippen LogP contribution in [-0.4, -0.2) is 17.8 Å². The van der Waals surface area contributed by atoms with E-state index in [9.17, 15) is 5.11 Å². The van der Waals surface area contributed by atoms with Gasteiger partial charge in [-0.1, -0.05) is 44.2 Å². The SMILES string of the molecule is CC(C)C(O)CCOCc1ccccc1. The number of aliphatic hydroxyl groups is 1. The fourth-order valence-electron chi connectivity index (χ4n) is 1.30. The molecule has 0 amide bonds. The van der Waals surface area contributed by atoms with Gasteiger partial charge in [0, 0.05) is 6.61 Å². The highest BCUT2D eigenvalue weighted by atomic mass is 16.5. The third-order valence-corrected chi connectivity index (χ3v) is 2.44. The molecular weight excluding hydrogens is 188 g/mol. The zero-order valence-corrected chi connectivity index (χ0v) is 9.52. The van der Waals surface area contributed by atoms with E-state index in [1.54, 1.807) is 0 Å². The van der Waals surface area contributed by atoms with Crippen LogP contribution in [0.5, 0.6) is 0 Å². The first-order chi connectivity index (χ1) is 7.20. The van der Waals surface area contributed by atoms with Crippen LogP contribution in [0.4, 0.5) is 0 Å². The highest BCUT2D eigenvalue weighted by molar-refractivity contribution is 5.13. The lowest BCUT2D eigenvalue weighted by Gasteiger charge is -2.14. The minimum Gasteiger partial charge on any atom is -0.393 e. The van der Waals surface area contributed by atoms with E-state index in [2.05, 4.69) is 0 Å².